The van der Waals surface area contributed by atoms with Gasteiger partial charge in [0, 0.05) is 12.6 Å². The van der Waals surface area contributed by atoms with Crippen LogP contribution in [-0.4, -0.2) is 11.7 Å². The topological polar surface area (TPSA) is 72.3 Å². The van der Waals surface area contributed by atoms with E-state index in [2.05, 4.69) is 0 Å². The molecule has 0 heterocycles. The Hall–Kier alpha value is -0.900. The van der Waals surface area contributed by atoms with E-state index in [4.69, 9.17) is 16.6 Å². The molecule has 3 heteroatoms. The van der Waals surface area contributed by atoms with Crippen molar-refractivity contribution < 1.29 is 5.11 Å². The van der Waals surface area contributed by atoms with Gasteiger partial charge in [0.25, 0.3) is 0 Å². The highest BCUT2D eigenvalue weighted by Gasteiger charge is 2.02. The van der Waals surface area contributed by atoms with Gasteiger partial charge in [-0.15, -0.1) is 0 Å². The Morgan fingerprint density at radius 2 is 2.17 bits per heavy atom. The highest BCUT2D eigenvalue weighted by atomic mass is 16.3. The summed E-state index contributed by atoms with van der Waals surface area (Å²) >= 11 is 0. The normalized spacial score (nSPS) is 12.9. The van der Waals surface area contributed by atoms with Crippen molar-refractivity contribution >= 4 is 0 Å². The highest BCUT2D eigenvalue weighted by molar-refractivity contribution is 5.25. The third-order valence-corrected chi connectivity index (χ3v) is 1.82. The van der Waals surface area contributed by atoms with Crippen molar-refractivity contribution in [2.75, 3.05) is 6.54 Å². The Bertz CT molecular complexity index is 250. The number of benzene rings is 1. The molecule has 0 unspecified atom stereocenters. The van der Waals surface area contributed by atoms with Crippen LogP contribution in [0.5, 0.6) is 0 Å². The van der Waals surface area contributed by atoms with Gasteiger partial charge in [0.05, 0.1) is 6.61 Å². The average molecular weight is 166 g/mol. The van der Waals surface area contributed by atoms with Crippen LogP contribution in [0.3, 0.4) is 0 Å². The van der Waals surface area contributed by atoms with E-state index in [9.17, 15) is 0 Å². The molecule has 0 bridgehead atoms. The fourth-order valence-corrected chi connectivity index (χ4v) is 1.06. The Labute approximate surface area is 72.0 Å². The van der Waals surface area contributed by atoms with Crippen LogP contribution >= 0.6 is 0 Å². The summed E-state index contributed by atoms with van der Waals surface area (Å²) in [7, 11) is 0. The SMILES string of the molecule is NC[C@H](N)c1cccc(CO)c1. The lowest BCUT2D eigenvalue weighted by Gasteiger charge is -2.09. The highest BCUT2D eigenvalue weighted by Crippen LogP contribution is 2.11. The smallest absolute Gasteiger partial charge is 0.0681 e. The molecule has 0 saturated carbocycles. The fourth-order valence-electron chi connectivity index (χ4n) is 1.06. The molecule has 0 fully saturated rings. The molecule has 3 nitrogen and oxygen atoms in total. The third-order valence-electron chi connectivity index (χ3n) is 1.82. The first kappa shape index (κ1) is 9.19. The second kappa shape index (κ2) is 4.21. The van der Waals surface area contributed by atoms with Crippen molar-refractivity contribution in [3.05, 3.63) is 35.4 Å². The summed E-state index contributed by atoms with van der Waals surface area (Å²) in [5.74, 6) is 0. The molecule has 0 aliphatic carbocycles. The van der Waals surface area contributed by atoms with E-state index in [0.29, 0.717) is 6.54 Å². The van der Waals surface area contributed by atoms with Gasteiger partial charge in [-0.2, -0.15) is 0 Å². The number of aliphatic hydroxyl groups excluding tert-OH is 1. The molecule has 5 N–H and O–H groups in total. The molecule has 1 aromatic rings. The predicted octanol–water partition coefficient (Wildman–Crippen LogP) is 0.137. The molecule has 1 aromatic carbocycles. The van der Waals surface area contributed by atoms with Crippen LogP contribution in [0.4, 0.5) is 0 Å². The van der Waals surface area contributed by atoms with Crippen molar-refractivity contribution in [2.45, 2.75) is 12.6 Å². The van der Waals surface area contributed by atoms with Gasteiger partial charge >= 0.3 is 0 Å². The van der Waals surface area contributed by atoms with E-state index < -0.39 is 0 Å². The van der Waals surface area contributed by atoms with E-state index in [1.54, 1.807) is 0 Å². The molecule has 12 heavy (non-hydrogen) atoms. The zero-order valence-corrected chi connectivity index (χ0v) is 6.90. The van der Waals surface area contributed by atoms with Gasteiger partial charge < -0.3 is 16.6 Å². The Kier molecular flexibility index (Phi) is 3.22. The molecule has 0 spiro atoms. The second-order valence-corrected chi connectivity index (χ2v) is 2.75. The lowest BCUT2D eigenvalue weighted by atomic mass is 10.1. The van der Waals surface area contributed by atoms with Crippen molar-refractivity contribution in [3.63, 3.8) is 0 Å². The Morgan fingerprint density at radius 3 is 2.75 bits per heavy atom. The molecule has 1 atom stereocenters. The quantitative estimate of drug-likeness (QED) is 0.598. The third kappa shape index (κ3) is 2.04. The minimum absolute atomic E-state index is 0.0468. The van der Waals surface area contributed by atoms with Gasteiger partial charge in [-0.3, -0.25) is 0 Å². The molecule has 0 aromatic heterocycles. The van der Waals surface area contributed by atoms with Crippen molar-refractivity contribution in [1.82, 2.24) is 0 Å². The maximum Gasteiger partial charge on any atom is 0.0681 e. The number of nitrogens with two attached hydrogens (primary N) is 2. The lowest BCUT2D eigenvalue weighted by molar-refractivity contribution is 0.281. The molecule has 0 amide bonds. The summed E-state index contributed by atoms with van der Waals surface area (Å²) in [5.41, 5.74) is 13.0. The van der Waals surface area contributed by atoms with Crippen molar-refractivity contribution in [1.29, 1.82) is 0 Å². The van der Waals surface area contributed by atoms with Gasteiger partial charge in [0.2, 0.25) is 0 Å². The zero-order chi connectivity index (χ0) is 8.97. The van der Waals surface area contributed by atoms with Crippen LogP contribution in [-0.2, 0) is 6.61 Å². The summed E-state index contributed by atoms with van der Waals surface area (Å²) in [6, 6.07) is 7.38. The van der Waals surface area contributed by atoms with Crippen molar-refractivity contribution in [2.24, 2.45) is 11.5 Å². The van der Waals surface area contributed by atoms with Crippen LogP contribution in [0.1, 0.15) is 17.2 Å². The number of hydrogen-bond acceptors (Lipinski definition) is 3. The lowest BCUT2D eigenvalue weighted by Crippen LogP contribution is -2.20. The van der Waals surface area contributed by atoms with E-state index in [-0.39, 0.29) is 12.6 Å². The molecule has 0 saturated heterocycles. The second-order valence-electron chi connectivity index (χ2n) is 2.75. The van der Waals surface area contributed by atoms with E-state index in [0.717, 1.165) is 11.1 Å². The Balaban J connectivity index is 2.86. The van der Waals surface area contributed by atoms with Crippen LogP contribution in [0, 0.1) is 0 Å². The summed E-state index contributed by atoms with van der Waals surface area (Å²) in [4.78, 5) is 0. The van der Waals surface area contributed by atoms with Crippen LogP contribution in [0.2, 0.25) is 0 Å². The fraction of sp³-hybridized carbons (Fsp3) is 0.333. The molecule has 0 aliphatic heterocycles. The van der Waals surface area contributed by atoms with Crippen LogP contribution in [0.25, 0.3) is 0 Å². The number of hydrogen-bond donors (Lipinski definition) is 3. The van der Waals surface area contributed by atoms with E-state index in [1.807, 2.05) is 24.3 Å². The first-order valence-corrected chi connectivity index (χ1v) is 3.93. The maximum absolute atomic E-state index is 8.84. The molecular weight excluding hydrogens is 152 g/mol. The molecule has 1 rings (SSSR count). The Morgan fingerprint density at radius 1 is 1.42 bits per heavy atom. The van der Waals surface area contributed by atoms with Gasteiger partial charge in [-0.25, -0.2) is 0 Å². The average Bonchev–Trinajstić information content (AvgIpc) is 2.17. The molecule has 66 valence electrons. The van der Waals surface area contributed by atoms with Gasteiger partial charge in [-0.1, -0.05) is 24.3 Å². The van der Waals surface area contributed by atoms with Crippen molar-refractivity contribution in [3.8, 4) is 0 Å². The van der Waals surface area contributed by atoms with E-state index in [1.165, 1.54) is 0 Å². The monoisotopic (exact) mass is 166 g/mol. The summed E-state index contributed by atoms with van der Waals surface area (Å²) < 4.78 is 0. The van der Waals surface area contributed by atoms with Crippen LogP contribution in [0.15, 0.2) is 24.3 Å². The first-order chi connectivity index (χ1) is 5.77. The predicted molar refractivity (Wildman–Crippen MR) is 48.3 cm³/mol. The zero-order valence-electron chi connectivity index (χ0n) is 6.90. The first-order valence-electron chi connectivity index (χ1n) is 3.93. The number of rotatable bonds is 3. The van der Waals surface area contributed by atoms with Gasteiger partial charge in [0.1, 0.15) is 0 Å². The summed E-state index contributed by atoms with van der Waals surface area (Å²) in [6.45, 7) is 0.472. The minimum atomic E-state index is -0.128. The van der Waals surface area contributed by atoms with Gasteiger partial charge in [0.15, 0.2) is 0 Å². The van der Waals surface area contributed by atoms with Crippen LogP contribution < -0.4 is 11.5 Å². The largest absolute Gasteiger partial charge is 0.392 e. The molecular formula is C9H14N2O. The maximum atomic E-state index is 8.84. The summed E-state index contributed by atoms with van der Waals surface area (Å²) in [5, 5.41) is 8.84. The van der Waals surface area contributed by atoms with Gasteiger partial charge in [-0.05, 0) is 11.1 Å². The number of aliphatic hydroxyl groups is 1. The van der Waals surface area contributed by atoms with E-state index >= 15 is 0 Å². The standard InChI is InChI=1S/C9H14N2O/c10-5-9(11)8-3-1-2-7(4-8)6-12/h1-4,9,12H,5-6,10-11H2/t9-/m0/s1. The molecule has 0 aliphatic rings. The minimum Gasteiger partial charge on any atom is -0.392 e. The summed E-state index contributed by atoms with van der Waals surface area (Å²) in [6.07, 6.45) is 0. The molecule has 0 radical (unpaired) electrons.